The molecular formula is C20H25NO2. The summed E-state index contributed by atoms with van der Waals surface area (Å²) in [5.41, 5.74) is 3.17. The molecule has 1 N–H and O–H groups in total. The Hall–Kier alpha value is -2.13. The molecule has 3 nitrogen and oxygen atoms in total. The first kappa shape index (κ1) is 17.2. The monoisotopic (exact) mass is 311 g/mol. The molecule has 0 fully saturated rings. The summed E-state index contributed by atoms with van der Waals surface area (Å²) in [6, 6.07) is 17.9. The van der Waals surface area contributed by atoms with E-state index in [2.05, 4.69) is 18.3 Å². The molecule has 0 bridgehead atoms. The molecule has 2 aromatic carbocycles. The summed E-state index contributed by atoms with van der Waals surface area (Å²) in [4.78, 5) is 11.9. The molecule has 0 radical (unpaired) electrons. The fourth-order valence-electron chi connectivity index (χ4n) is 2.42. The van der Waals surface area contributed by atoms with Gasteiger partial charge in [-0.2, -0.15) is 0 Å². The number of aryl methyl sites for hydroxylation is 1. The molecule has 122 valence electrons. The van der Waals surface area contributed by atoms with Crippen LogP contribution in [-0.2, 0) is 22.6 Å². The second-order valence-electron chi connectivity index (χ2n) is 5.68. The molecule has 2 aromatic rings. The van der Waals surface area contributed by atoms with Crippen molar-refractivity contribution in [1.82, 2.24) is 0 Å². The highest BCUT2D eigenvalue weighted by Gasteiger charge is 2.04. The maximum absolute atomic E-state index is 11.9. The van der Waals surface area contributed by atoms with Crippen molar-refractivity contribution in [3.8, 4) is 0 Å². The minimum Gasteiger partial charge on any atom is -0.367 e. The third kappa shape index (κ3) is 6.66. The van der Waals surface area contributed by atoms with Crippen LogP contribution in [0.2, 0.25) is 0 Å². The number of hydrogen-bond donors (Lipinski definition) is 1. The van der Waals surface area contributed by atoms with Gasteiger partial charge in [0.15, 0.2) is 0 Å². The third-order valence-corrected chi connectivity index (χ3v) is 3.62. The van der Waals surface area contributed by atoms with Crippen LogP contribution in [0.1, 0.15) is 37.3 Å². The largest absolute Gasteiger partial charge is 0.367 e. The summed E-state index contributed by atoms with van der Waals surface area (Å²) in [5, 5.41) is 2.90. The number of carbonyl (C=O) groups excluding carboxylic acids is 1. The fraction of sp³-hybridized carbons (Fsp3) is 0.350. The van der Waals surface area contributed by atoms with Gasteiger partial charge in [0, 0.05) is 5.69 Å². The highest BCUT2D eigenvalue weighted by Crippen LogP contribution is 2.13. The number of unbranched alkanes of at least 4 members (excludes halogenated alkanes) is 2. The van der Waals surface area contributed by atoms with Crippen LogP contribution in [0.25, 0.3) is 0 Å². The van der Waals surface area contributed by atoms with Crippen molar-refractivity contribution in [2.24, 2.45) is 0 Å². The van der Waals surface area contributed by atoms with Crippen molar-refractivity contribution in [1.29, 1.82) is 0 Å². The van der Waals surface area contributed by atoms with E-state index in [1.807, 2.05) is 48.5 Å². The van der Waals surface area contributed by atoms with Gasteiger partial charge in [-0.3, -0.25) is 4.79 Å². The van der Waals surface area contributed by atoms with Crippen molar-refractivity contribution < 1.29 is 9.53 Å². The minimum absolute atomic E-state index is 0.0644. The van der Waals surface area contributed by atoms with Crippen molar-refractivity contribution >= 4 is 11.6 Å². The summed E-state index contributed by atoms with van der Waals surface area (Å²) in [7, 11) is 0. The van der Waals surface area contributed by atoms with E-state index in [1.165, 1.54) is 24.8 Å². The minimum atomic E-state index is -0.119. The number of nitrogens with one attached hydrogen (secondary N) is 1. The van der Waals surface area contributed by atoms with Crippen LogP contribution in [-0.4, -0.2) is 12.5 Å². The molecular weight excluding hydrogens is 286 g/mol. The van der Waals surface area contributed by atoms with E-state index in [1.54, 1.807) is 0 Å². The Morgan fingerprint density at radius 2 is 1.78 bits per heavy atom. The van der Waals surface area contributed by atoms with Gasteiger partial charge < -0.3 is 10.1 Å². The lowest BCUT2D eigenvalue weighted by Crippen LogP contribution is -2.18. The predicted molar refractivity (Wildman–Crippen MR) is 94.4 cm³/mol. The molecule has 0 atom stereocenters. The first-order valence-corrected chi connectivity index (χ1v) is 8.28. The van der Waals surface area contributed by atoms with Crippen LogP contribution in [0.5, 0.6) is 0 Å². The van der Waals surface area contributed by atoms with E-state index in [0.29, 0.717) is 6.61 Å². The van der Waals surface area contributed by atoms with E-state index in [4.69, 9.17) is 4.74 Å². The Kier molecular flexibility index (Phi) is 7.34. The number of anilines is 1. The molecule has 0 saturated carbocycles. The SMILES string of the molecule is CCCCCc1cccc(NC(=O)COCc2ccccc2)c1. The smallest absolute Gasteiger partial charge is 0.250 e. The maximum Gasteiger partial charge on any atom is 0.250 e. The highest BCUT2D eigenvalue weighted by molar-refractivity contribution is 5.91. The summed E-state index contributed by atoms with van der Waals surface area (Å²) in [6.07, 6.45) is 4.70. The number of hydrogen-bond acceptors (Lipinski definition) is 2. The number of benzene rings is 2. The van der Waals surface area contributed by atoms with Crippen LogP contribution >= 0.6 is 0 Å². The van der Waals surface area contributed by atoms with Gasteiger partial charge in [0.05, 0.1) is 6.61 Å². The van der Waals surface area contributed by atoms with Crippen molar-refractivity contribution in [3.05, 3.63) is 65.7 Å². The lowest BCUT2D eigenvalue weighted by atomic mass is 10.1. The highest BCUT2D eigenvalue weighted by atomic mass is 16.5. The second-order valence-corrected chi connectivity index (χ2v) is 5.68. The molecule has 0 spiro atoms. The van der Waals surface area contributed by atoms with Gasteiger partial charge in [0.2, 0.25) is 5.91 Å². The van der Waals surface area contributed by atoms with Gasteiger partial charge in [-0.05, 0) is 36.1 Å². The summed E-state index contributed by atoms with van der Waals surface area (Å²) >= 11 is 0. The zero-order chi connectivity index (χ0) is 16.3. The first-order chi connectivity index (χ1) is 11.3. The summed E-state index contributed by atoms with van der Waals surface area (Å²) in [5.74, 6) is -0.119. The van der Waals surface area contributed by atoms with E-state index in [9.17, 15) is 4.79 Å². The molecule has 1 amide bonds. The van der Waals surface area contributed by atoms with Crippen LogP contribution in [0, 0.1) is 0 Å². The first-order valence-electron chi connectivity index (χ1n) is 8.28. The van der Waals surface area contributed by atoms with Crippen molar-refractivity contribution in [2.45, 2.75) is 39.2 Å². The van der Waals surface area contributed by atoms with Gasteiger partial charge in [0.25, 0.3) is 0 Å². The Morgan fingerprint density at radius 3 is 2.57 bits per heavy atom. The third-order valence-electron chi connectivity index (χ3n) is 3.62. The number of ether oxygens (including phenoxy) is 1. The van der Waals surface area contributed by atoms with Crippen molar-refractivity contribution in [2.75, 3.05) is 11.9 Å². The van der Waals surface area contributed by atoms with E-state index < -0.39 is 0 Å². The molecule has 0 unspecified atom stereocenters. The predicted octanol–water partition coefficient (Wildman–Crippen LogP) is 4.57. The normalized spacial score (nSPS) is 10.5. The molecule has 23 heavy (non-hydrogen) atoms. The van der Waals surface area contributed by atoms with Crippen LogP contribution in [0.4, 0.5) is 5.69 Å². The van der Waals surface area contributed by atoms with Crippen LogP contribution < -0.4 is 5.32 Å². The molecule has 0 saturated heterocycles. The van der Waals surface area contributed by atoms with Crippen molar-refractivity contribution in [3.63, 3.8) is 0 Å². The fourth-order valence-corrected chi connectivity index (χ4v) is 2.42. The zero-order valence-electron chi connectivity index (χ0n) is 13.8. The molecule has 2 rings (SSSR count). The lowest BCUT2D eigenvalue weighted by molar-refractivity contribution is -0.121. The van der Waals surface area contributed by atoms with Crippen LogP contribution in [0.3, 0.4) is 0 Å². The summed E-state index contributed by atoms with van der Waals surface area (Å²) in [6.45, 7) is 2.71. The number of rotatable bonds is 9. The van der Waals surface area contributed by atoms with Gasteiger partial charge in [-0.1, -0.05) is 62.2 Å². The van der Waals surface area contributed by atoms with Crippen LogP contribution in [0.15, 0.2) is 54.6 Å². The molecule has 0 heterocycles. The quantitative estimate of drug-likeness (QED) is 0.689. The molecule has 3 heteroatoms. The van der Waals surface area contributed by atoms with E-state index >= 15 is 0 Å². The average Bonchev–Trinajstić information content (AvgIpc) is 2.56. The van der Waals surface area contributed by atoms with Gasteiger partial charge >= 0.3 is 0 Å². The second kappa shape index (κ2) is 9.80. The Labute approximate surface area is 138 Å². The zero-order valence-corrected chi connectivity index (χ0v) is 13.8. The average molecular weight is 311 g/mol. The molecule has 0 aromatic heterocycles. The molecule has 0 aliphatic carbocycles. The topological polar surface area (TPSA) is 38.3 Å². The molecule has 0 aliphatic heterocycles. The maximum atomic E-state index is 11.9. The van der Waals surface area contributed by atoms with E-state index in [0.717, 1.165) is 17.7 Å². The van der Waals surface area contributed by atoms with E-state index in [-0.39, 0.29) is 12.5 Å². The Balaban J connectivity index is 1.75. The van der Waals surface area contributed by atoms with Gasteiger partial charge in [0.1, 0.15) is 6.61 Å². The Bertz CT molecular complexity index is 596. The van der Waals surface area contributed by atoms with Gasteiger partial charge in [-0.15, -0.1) is 0 Å². The standard InChI is InChI=1S/C20H25NO2/c1-2-3-5-9-17-12-8-13-19(14-17)21-20(22)16-23-15-18-10-6-4-7-11-18/h4,6-8,10-14H,2-3,5,9,15-16H2,1H3,(H,21,22). The Morgan fingerprint density at radius 1 is 1.00 bits per heavy atom. The lowest BCUT2D eigenvalue weighted by Gasteiger charge is -2.08. The molecule has 0 aliphatic rings. The number of carbonyl (C=O) groups is 1. The summed E-state index contributed by atoms with van der Waals surface area (Å²) < 4.78 is 5.45. The number of amides is 1. The van der Waals surface area contributed by atoms with Gasteiger partial charge in [-0.25, -0.2) is 0 Å².